The van der Waals surface area contributed by atoms with Crippen molar-refractivity contribution in [3.05, 3.63) is 0 Å². The van der Waals surface area contributed by atoms with Crippen molar-refractivity contribution in [1.82, 2.24) is 14.7 Å². The Labute approximate surface area is 150 Å². The van der Waals surface area contributed by atoms with Crippen molar-refractivity contribution in [1.29, 1.82) is 0 Å². The second kappa shape index (κ2) is 8.56. The van der Waals surface area contributed by atoms with E-state index in [1.807, 2.05) is 23.6 Å². The van der Waals surface area contributed by atoms with E-state index in [0.29, 0.717) is 18.2 Å². The Hall–Kier alpha value is -0.750. The monoisotopic (exact) mass is 353 g/mol. The van der Waals surface area contributed by atoms with Gasteiger partial charge in [0.2, 0.25) is 11.8 Å². The highest BCUT2D eigenvalue weighted by atomic mass is 32.2. The fourth-order valence-electron chi connectivity index (χ4n) is 4.37. The van der Waals surface area contributed by atoms with E-state index in [4.69, 9.17) is 0 Å². The van der Waals surface area contributed by atoms with E-state index in [-0.39, 0.29) is 11.9 Å². The summed E-state index contributed by atoms with van der Waals surface area (Å²) in [4.78, 5) is 31.6. The van der Waals surface area contributed by atoms with Crippen LogP contribution in [0.25, 0.3) is 0 Å². The zero-order chi connectivity index (χ0) is 16.9. The molecule has 2 aliphatic heterocycles. The van der Waals surface area contributed by atoms with E-state index in [1.165, 1.54) is 25.7 Å². The molecule has 24 heavy (non-hydrogen) atoms. The number of nitrogens with zero attached hydrogens (tertiary/aromatic N) is 3. The molecule has 0 N–H and O–H groups in total. The highest BCUT2D eigenvalue weighted by Gasteiger charge is 2.39. The topological polar surface area (TPSA) is 43.9 Å². The first-order valence-corrected chi connectivity index (χ1v) is 10.7. The van der Waals surface area contributed by atoms with Gasteiger partial charge in [0.1, 0.15) is 0 Å². The fourth-order valence-corrected chi connectivity index (χ4v) is 5.28. The third-order valence-corrected chi connectivity index (χ3v) is 6.73. The normalized spacial score (nSPS) is 25.0. The van der Waals surface area contributed by atoms with Gasteiger partial charge in [-0.05, 0) is 18.8 Å². The molecule has 2 amide bonds. The second-order valence-electron chi connectivity index (χ2n) is 7.20. The number of rotatable bonds is 4. The van der Waals surface area contributed by atoms with Gasteiger partial charge >= 0.3 is 0 Å². The molecule has 0 aromatic carbocycles. The Morgan fingerprint density at radius 1 is 0.958 bits per heavy atom. The number of hydrogen-bond donors (Lipinski definition) is 0. The molecule has 0 bridgehead atoms. The maximum atomic E-state index is 13.3. The average Bonchev–Trinajstić information content (AvgIpc) is 3.16. The SMILES string of the molecule is CCC(=O)N1CCN([C@@H](C(=O)N2CCSCC2)C2CCCC2)CC1. The van der Waals surface area contributed by atoms with Gasteiger partial charge in [0.05, 0.1) is 6.04 Å². The van der Waals surface area contributed by atoms with E-state index in [0.717, 1.165) is 50.8 Å². The van der Waals surface area contributed by atoms with Crippen LogP contribution in [0.5, 0.6) is 0 Å². The number of carbonyl (C=O) groups is 2. The summed E-state index contributed by atoms with van der Waals surface area (Å²) in [6.07, 6.45) is 5.48. The predicted molar refractivity (Wildman–Crippen MR) is 98.1 cm³/mol. The number of piperazine rings is 1. The minimum absolute atomic E-state index is 0.0504. The smallest absolute Gasteiger partial charge is 0.240 e. The molecule has 0 aromatic rings. The molecular weight excluding hydrogens is 322 g/mol. The molecule has 0 aromatic heterocycles. The van der Waals surface area contributed by atoms with Gasteiger partial charge in [-0.3, -0.25) is 14.5 Å². The highest BCUT2D eigenvalue weighted by Crippen LogP contribution is 2.32. The van der Waals surface area contributed by atoms with Gasteiger partial charge in [0, 0.05) is 57.2 Å². The van der Waals surface area contributed by atoms with Crippen LogP contribution in [-0.2, 0) is 9.59 Å². The second-order valence-corrected chi connectivity index (χ2v) is 8.42. The highest BCUT2D eigenvalue weighted by molar-refractivity contribution is 7.99. The molecule has 1 saturated carbocycles. The largest absolute Gasteiger partial charge is 0.340 e. The van der Waals surface area contributed by atoms with Gasteiger partial charge < -0.3 is 9.80 Å². The molecule has 3 rings (SSSR count). The summed E-state index contributed by atoms with van der Waals surface area (Å²) in [6.45, 7) is 6.98. The lowest BCUT2D eigenvalue weighted by molar-refractivity contribution is -0.141. The summed E-state index contributed by atoms with van der Waals surface area (Å²) < 4.78 is 0. The molecule has 0 spiro atoms. The lowest BCUT2D eigenvalue weighted by Gasteiger charge is -2.43. The van der Waals surface area contributed by atoms with E-state index in [1.54, 1.807) is 0 Å². The molecule has 2 heterocycles. The van der Waals surface area contributed by atoms with Crippen LogP contribution in [0.3, 0.4) is 0 Å². The summed E-state index contributed by atoms with van der Waals surface area (Å²) in [5, 5.41) is 0. The lowest BCUT2D eigenvalue weighted by atomic mass is 9.94. The minimum atomic E-state index is 0.0504. The Kier molecular flexibility index (Phi) is 6.44. The summed E-state index contributed by atoms with van der Waals surface area (Å²) in [5.41, 5.74) is 0. The molecule has 136 valence electrons. The quantitative estimate of drug-likeness (QED) is 0.771. The summed E-state index contributed by atoms with van der Waals surface area (Å²) in [6, 6.07) is 0.0504. The number of carbonyl (C=O) groups excluding carboxylic acids is 2. The first-order valence-electron chi connectivity index (χ1n) is 9.59. The number of hydrogen-bond acceptors (Lipinski definition) is 4. The van der Waals surface area contributed by atoms with Crippen molar-refractivity contribution >= 4 is 23.6 Å². The minimum Gasteiger partial charge on any atom is -0.340 e. The molecule has 1 atom stereocenters. The third-order valence-electron chi connectivity index (χ3n) is 5.78. The standard InChI is InChI=1S/C18H31N3O2S/c1-2-16(22)19-7-9-20(10-8-19)17(15-5-3-4-6-15)18(23)21-11-13-24-14-12-21/h15,17H,2-14H2,1H3/t17-/m1/s1. The van der Waals surface area contributed by atoms with Crippen molar-refractivity contribution in [3.8, 4) is 0 Å². The van der Waals surface area contributed by atoms with Crippen LogP contribution in [0, 0.1) is 5.92 Å². The van der Waals surface area contributed by atoms with Gasteiger partial charge in [-0.15, -0.1) is 0 Å². The van der Waals surface area contributed by atoms with Crippen LogP contribution < -0.4 is 0 Å². The molecular formula is C18H31N3O2S. The van der Waals surface area contributed by atoms with E-state index in [2.05, 4.69) is 9.80 Å². The fraction of sp³-hybridized carbons (Fsp3) is 0.889. The van der Waals surface area contributed by atoms with Crippen LogP contribution in [0.4, 0.5) is 0 Å². The number of amides is 2. The maximum Gasteiger partial charge on any atom is 0.240 e. The van der Waals surface area contributed by atoms with Gasteiger partial charge in [-0.25, -0.2) is 0 Å². The zero-order valence-corrected chi connectivity index (χ0v) is 15.7. The Morgan fingerprint density at radius 3 is 2.17 bits per heavy atom. The predicted octanol–water partition coefficient (Wildman–Crippen LogP) is 1.67. The van der Waals surface area contributed by atoms with Crippen molar-refractivity contribution < 1.29 is 9.59 Å². The Balaban J connectivity index is 1.66. The molecule has 2 saturated heterocycles. The van der Waals surface area contributed by atoms with Crippen LogP contribution in [0.2, 0.25) is 0 Å². The van der Waals surface area contributed by atoms with Crippen LogP contribution in [0.15, 0.2) is 0 Å². The molecule has 6 heteroatoms. The molecule has 3 fully saturated rings. The molecule has 0 unspecified atom stereocenters. The first-order chi connectivity index (χ1) is 11.7. The van der Waals surface area contributed by atoms with Crippen LogP contribution in [0.1, 0.15) is 39.0 Å². The lowest BCUT2D eigenvalue weighted by Crippen LogP contribution is -2.59. The molecule has 0 radical (unpaired) electrons. The van der Waals surface area contributed by atoms with E-state index in [9.17, 15) is 9.59 Å². The Morgan fingerprint density at radius 2 is 1.58 bits per heavy atom. The zero-order valence-electron chi connectivity index (χ0n) is 14.9. The van der Waals surface area contributed by atoms with Crippen LogP contribution in [-0.4, -0.2) is 83.3 Å². The van der Waals surface area contributed by atoms with Crippen molar-refractivity contribution in [3.63, 3.8) is 0 Å². The van der Waals surface area contributed by atoms with Gasteiger partial charge in [0.25, 0.3) is 0 Å². The summed E-state index contributed by atoms with van der Waals surface area (Å²) in [5.74, 6) is 3.26. The van der Waals surface area contributed by atoms with Gasteiger partial charge in [-0.2, -0.15) is 11.8 Å². The molecule has 5 nitrogen and oxygen atoms in total. The van der Waals surface area contributed by atoms with Gasteiger partial charge in [-0.1, -0.05) is 19.8 Å². The average molecular weight is 354 g/mol. The van der Waals surface area contributed by atoms with Crippen molar-refractivity contribution in [2.45, 2.75) is 45.1 Å². The van der Waals surface area contributed by atoms with Crippen LogP contribution >= 0.6 is 11.8 Å². The molecule has 1 aliphatic carbocycles. The molecule has 3 aliphatic rings. The summed E-state index contributed by atoms with van der Waals surface area (Å²) in [7, 11) is 0. The first kappa shape index (κ1) is 18.1. The van der Waals surface area contributed by atoms with E-state index >= 15 is 0 Å². The van der Waals surface area contributed by atoms with Gasteiger partial charge in [0.15, 0.2) is 0 Å². The Bertz CT molecular complexity index is 440. The summed E-state index contributed by atoms with van der Waals surface area (Å²) >= 11 is 1.95. The van der Waals surface area contributed by atoms with E-state index < -0.39 is 0 Å². The van der Waals surface area contributed by atoms with Crippen molar-refractivity contribution in [2.24, 2.45) is 5.92 Å². The third kappa shape index (κ3) is 4.07. The van der Waals surface area contributed by atoms with Crippen molar-refractivity contribution in [2.75, 3.05) is 50.8 Å². The maximum absolute atomic E-state index is 13.3. The number of thioether (sulfide) groups is 1.